The van der Waals surface area contributed by atoms with Gasteiger partial charge in [0, 0.05) is 12.7 Å². The molecule has 0 aliphatic carbocycles. The normalized spacial score (nSPS) is 12.7. The van der Waals surface area contributed by atoms with Crippen molar-refractivity contribution in [3.63, 3.8) is 0 Å². The Morgan fingerprint density at radius 2 is 2.36 bits per heavy atom. The fourth-order valence-electron chi connectivity index (χ4n) is 0.889. The molecule has 0 spiro atoms. The average Bonchev–Trinajstić information content (AvgIpc) is 2.62. The summed E-state index contributed by atoms with van der Waals surface area (Å²) in [5, 5.41) is 0. The molecule has 1 heterocycles. The second kappa shape index (κ2) is 5.36. The lowest BCUT2D eigenvalue weighted by Gasteiger charge is -1.94. The zero-order valence-electron chi connectivity index (χ0n) is 8.28. The number of hydrogen-bond acceptors (Lipinski definition) is 4. The van der Waals surface area contributed by atoms with Crippen LogP contribution in [-0.2, 0) is 10.8 Å². The maximum absolute atomic E-state index is 11.6. The molecule has 0 bridgehead atoms. The third-order valence-corrected chi connectivity index (χ3v) is 4.56. The molecule has 0 aliphatic rings. The zero-order valence-corrected chi connectivity index (χ0v) is 9.91. The first-order valence-electron chi connectivity index (χ1n) is 4.50. The minimum atomic E-state index is -1.02. The molecular formula is C9H13NO2S2. The first kappa shape index (κ1) is 11.5. The number of carbonyl (C=O) groups excluding carboxylic acids is 1. The van der Waals surface area contributed by atoms with E-state index in [1.54, 1.807) is 0 Å². The van der Waals surface area contributed by atoms with Crippen LogP contribution in [-0.4, -0.2) is 20.7 Å². The van der Waals surface area contributed by atoms with Gasteiger partial charge in [0.25, 0.3) is 0 Å². The van der Waals surface area contributed by atoms with E-state index in [2.05, 4.69) is 11.9 Å². The molecule has 0 aromatic carbocycles. The molecular weight excluding hydrogens is 218 g/mol. The SMILES string of the molecule is CCCCS(=O)c1ncc(C(C)=O)s1. The van der Waals surface area contributed by atoms with E-state index in [1.807, 2.05) is 0 Å². The van der Waals surface area contributed by atoms with Gasteiger partial charge in [0.05, 0.1) is 21.9 Å². The third-order valence-electron chi connectivity index (χ3n) is 1.71. The van der Waals surface area contributed by atoms with Crippen LogP contribution in [0.3, 0.4) is 0 Å². The van der Waals surface area contributed by atoms with Gasteiger partial charge in [-0.05, 0) is 6.42 Å². The van der Waals surface area contributed by atoms with Crippen molar-refractivity contribution < 1.29 is 9.00 Å². The molecule has 1 aromatic heterocycles. The average molecular weight is 231 g/mol. The van der Waals surface area contributed by atoms with Crippen molar-refractivity contribution in [2.45, 2.75) is 31.0 Å². The van der Waals surface area contributed by atoms with Crippen LogP contribution >= 0.6 is 11.3 Å². The summed E-state index contributed by atoms with van der Waals surface area (Å²) >= 11 is 1.24. The largest absolute Gasteiger partial charge is 0.294 e. The van der Waals surface area contributed by atoms with Crippen LogP contribution in [0.15, 0.2) is 10.5 Å². The predicted octanol–water partition coefficient (Wildman–Crippen LogP) is 2.25. The number of carbonyl (C=O) groups is 1. The topological polar surface area (TPSA) is 47.0 Å². The molecule has 0 fully saturated rings. The summed E-state index contributed by atoms with van der Waals surface area (Å²) in [5.41, 5.74) is 0. The second-order valence-corrected chi connectivity index (χ2v) is 5.72. The summed E-state index contributed by atoms with van der Waals surface area (Å²) in [5.74, 6) is 0.627. The molecule has 0 radical (unpaired) electrons. The van der Waals surface area contributed by atoms with Crippen molar-refractivity contribution >= 4 is 27.9 Å². The Kier molecular flexibility index (Phi) is 4.41. The lowest BCUT2D eigenvalue weighted by Crippen LogP contribution is -1.96. The maximum atomic E-state index is 11.6. The van der Waals surface area contributed by atoms with Gasteiger partial charge in [-0.2, -0.15) is 0 Å². The van der Waals surface area contributed by atoms with E-state index in [1.165, 1.54) is 24.5 Å². The van der Waals surface area contributed by atoms with E-state index < -0.39 is 10.8 Å². The Labute approximate surface area is 90.0 Å². The number of nitrogens with zero attached hydrogens (tertiary/aromatic N) is 1. The van der Waals surface area contributed by atoms with Crippen molar-refractivity contribution in [1.29, 1.82) is 0 Å². The third kappa shape index (κ3) is 2.99. The number of aromatic nitrogens is 1. The summed E-state index contributed by atoms with van der Waals surface area (Å²) in [4.78, 5) is 15.5. The molecule has 78 valence electrons. The van der Waals surface area contributed by atoms with Gasteiger partial charge >= 0.3 is 0 Å². The molecule has 0 saturated carbocycles. The van der Waals surface area contributed by atoms with Gasteiger partial charge in [-0.25, -0.2) is 4.98 Å². The van der Waals surface area contributed by atoms with Gasteiger partial charge in [0.1, 0.15) is 0 Å². The van der Waals surface area contributed by atoms with Gasteiger partial charge in [0.2, 0.25) is 0 Å². The fraction of sp³-hybridized carbons (Fsp3) is 0.556. The highest BCUT2D eigenvalue weighted by molar-refractivity contribution is 7.87. The highest BCUT2D eigenvalue weighted by Crippen LogP contribution is 2.17. The lowest BCUT2D eigenvalue weighted by atomic mass is 10.4. The predicted molar refractivity (Wildman–Crippen MR) is 58.3 cm³/mol. The fourth-order valence-corrected chi connectivity index (χ4v) is 3.22. The Morgan fingerprint density at radius 3 is 2.86 bits per heavy atom. The number of thiazole rings is 1. The molecule has 0 aliphatic heterocycles. The van der Waals surface area contributed by atoms with Crippen LogP contribution < -0.4 is 0 Å². The molecule has 1 rings (SSSR count). The van der Waals surface area contributed by atoms with E-state index in [9.17, 15) is 9.00 Å². The van der Waals surface area contributed by atoms with Gasteiger partial charge < -0.3 is 0 Å². The van der Waals surface area contributed by atoms with Crippen molar-refractivity contribution in [3.8, 4) is 0 Å². The Morgan fingerprint density at radius 1 is 1.64 bits per heavy atom. The molecule has 1 aromatic rings. The van der Waals surface area contributed by atoms with Crippen LogP contribution in [0.4, 0.5) is 0 Å². The van der Waals surface area contributed by atoms with Crippen molar-refractivity contribution in [2.75, 3.05) is 5.75 Å². The first-order valence-corrected chi connectivity index (χ1v) is 6.63. The zero-order chi connectivity index (χ0) is 10.6. The Bertz CT molecular complexity index is 346. The minimum Gasteiger partial charge on any atom is -0.294 e. The van der Waals surface area contributed by atoms with Crippen molar-refractivity contribution in [1.82, 2.24) is 4.98 Å². The number of Topliss-reactive ketones (excluding diaryl/α,β-unsaturated/α-hetero) is 1. The highest BCUT2D eigenvalue weighted by atomic mass is 32.2. The molecule has 0 saturated heterocycles. The molecule has 5 heteroatoms. The van der Waals surface area contributed by atoms with E-state index in [-0.39, 0.29) is 5.78 Å². The van der Waals surface area contributed by atoms with E-state index in [0.29, 0.717) is 15.0 Å². The quantitative estimate of drug-likeness (QED) is 0.730. The number of ketones is 1. The van der Waals surface area contributed by atoms with Gasteiger partial charge in [-0.3, -0.25) is 9.00 Å². The summed E-state index contributed by atoms with van der Waals surface area (Å²) in [6.45, 7) is 3.55. The van der Waals surface area contributed by atoms with E-state index in [0.717, 1.165) is 12.8 Å². The molecule has 1 atom stereocenters. The maximum Gasteiger partial charge on any atom is 0.181 e. The van der Waals surface area contributed by atoms with E-state index >= 15 is 0 Å². The van der Waals surface area contributed by atoms with E-state index in [4.69, 9.17) is 0 Å². The number of rotatable bonds is 5. The second-order valence-electron chi connectivity index (χ2n) is 2.95. The molecule has 3 nitrogen and oxygen atoms in total. The number of hydrogen-bond donors (Lipinski definition) is 0. The van der Waals surface area contributed by atoms with Crippen LogP contribution in [0.2, 0.25) is 0 Å². The standard InChI is InChI=1S/C9H13NO2S2/c1-3-4-5-14(12)9-10-6-8(13-9)7(2)11/h6H,3-5H2,1-2H3. The highest BCUT2D eigenvalue weighted by Gasteiger charge is 2.10. The van der Waals surface area contributed by atoms with Crippen LogP contribution in [0.5, 0.6) is 0 Å². The van der Waals surface area contributed by atoms with Crippen LogP contribution in [0.1, 0.15) is 36.4 Å². The van der Waals surface area contributed by atoms with Gasteiger partial charge in [0.15, 0.2) is 10.1 Å². The first-order chi connectivity index (χ1) is 6.65. The molecule has 1 unspecified atom stereocenters. The van der Waals surface area contributed by atoms with Crippen molar-refractivity contribution in [3.05, 3.63) is 11.1 Å². The Balaban J connectivity index is 2.66. The van der Waals surface area contributed by atoms with Gasteiger partial charge in [-0.1, -0.05) is 13.3 Å². The Hall–Kier alpha value is -0.550. The lowest BCUT2D eigenvalue weighted by molar-refractivity contribution is 0.102. The summed E-state index contributed by atoms with van der Waals surface area (Å²) in [6, 6.07) is 0. The van der Waals surface area contributed by atoms with Crippen LogP contribution in [0, 0.1) is 0 Å². The summed E-state index contributed by atoms with van der Waals surface area (Å²) in [6.07, 6.45) is 3.46. The smallest absolute Gasteiger partial charge is 0.181 e. The molecule has 0 N–H and O–H groups in total. The monoisotopic (exact) mass is 231 g/mol. The number of unbranched alkanes of at least 4 members (excludes halogenated alkanes) is 1. The summed E-state index contributed by atoms with van der Waals surface area (Å²) in [7, 11) is -1.02. The molecule has 0 amide bonds. The summed E-state index contributed by atoms with van der Waals surface area (Å²) < 4.78 is 12.2. The van der Waals surface area contributed by atoms with Crippen LogP contribution in [0.25, 0.3) is 0 Å². The minimum absolute atomic E-state index is 0.0127. The molecule has 14 heavy (non-hydrogen) atoms. The van der Waals surface area contributed by atoms with Gasteiger partial charge in [-0.15, -0.1) is 11.3 Å². The van der Waals surface area contributed by atoms with Crippen molar-refractivity contribution in [2.24, 2.45) is 0 Å².